The van der Waals surface area contributed by atoms with Crippen LogP contribution in [-0.2, 0) is 11.2 Å². The van der Waals surface area contributed by atoms with E-state index in [1.807, 2.05) is 44.2 Å². The molecule has 0 saturated heterocycles. The molecule has 0 saturated carbocycles. The second kappa shape index (κ2) is 11.9. The Kier molecular flexibility index (Phi) is 8.36. The number of carbonyl (C=O) groups excluding carboxylic acids is 1. The summed E-state index contributed by atoms with van der Waals surface area (Å²) in [7, 11) is 3.08. The molecule has 0 unspecified atom stereocenters. The van der Waals surface area contributed by atoms with Gasteiger partial charge in [-0.1, -0.05) is 25.5 Å². The molecule has 1 aromatic heterocycles. The molecule has 3 aromatic carbocycles. The number of aryl methyl sites for hydroxylation is 3. The summed E-state index contributed by atoms with van der Waals surface area (Å²) in [5.74, 6) is 0.786. The van der Waals surface area contributed by atoms with Gasteiger partial charge in [-0.05, 0) is 85.8 Å². The van der Waals surface area contributed by atoms with E-state index in [2.05, 4.69) is 12.2 Å². The van der Waals surface area contributed by atoms with Gasteiger partial charge >= 0.3 is 0 Å². The highest BCUT2D eigenvalue weighted by Gasteiger charge is 2.21. The van der Waals surface area contributed by atoms with Gasteiger partial charge in [-0.2, -0.15) is 0 Å². The molecule has 0 spiro atoms. The van der Waals surface area contributed by atoms with Crippen LogP contribution in [0.1, 0.15) is 36.5 Å². The van der Waals surface area contributed by atoms with E-state index >= 15 is 0 Å². The van der Waals surface area contributed by atoms with E-state index in [0.717, 1.165) is 30.4 Å². The third-order valence-electron chi connectivity index (χ3n) is 6.52. The van der Waals surface area contributed by atoms with Gasteiger partial charge in [0.05, 0.1) is 19.6 Å². The Morgan fingerprint density at radius 3 is 2.32 bits per heavy atom. The Morgan fingerprint density at radius 2 is 1.63 bits per heavy atom. The lowest BCUT2D eigenvalue weighted by molar-refractivity contribution is -0.118. The van der Waals surface area contributed by atoms with Crippen LogP contribution in [0, 0.1) is 13.8 Å². The maximum atomic E-state index is 13.6. The molecule has 0 bridgehead atoms. The first kappa shape index (κ1) is 26.8. The molecule has 1 N–H and O–H groups in total. The van der Waals surface area contributed by atoms with Crippen LogP contribution in [0.15, 0.2) is 63.8 Å². The van der Waals surface area contributed by atoms with E-state index in [-0.39, 0.29) is 29.5 Å². The summed E-state index contributed by atoms with van der Waals surface area (Å²) < 4.78 is 22.8. The van der Waals surface area contributed by atoms with Crippen LogP contribution in [0.2, 0.25) is 0 Å². The van der Waals surface area contributed by atoms with Gasteiger partial charge in [0, 0.05) is 11.3 Å². The van der Waals surface area contributed by atoms with Crippen LogP contribution in [0.4, 0.5) is 5.69 Å². The van der Waals surface area contributed by atoms with E-state index in [1.165, 1.54) is 12.7 Å². The van der Waals surface area contributed by atoms with E-state index in [0.29, 0.717) is 33.7 Å². The summed E-state index contributed by atoms with van der Waals surface area (Å²) in [6.45, 7) is 5.68. The van der Waals surface area contributed by atoms with Crippen molar-refractivity contribution in [3.05, 3.63) is 81.5 Å². The van der Waals surface area contributed by atoms with Crippen molar-refractivity contribution in [2.24, 2.45) is 0 Å². The van der Waals surface area contributed by atoms with Crippen LogP contribution in [0.3, 0.4) is 0 Å². The van der Waals surface area contributed by atoms with Gasteiger partial charge in [-0.15, -0.1) is 0 Å². The number of hydrogen-bond donors (Lipinski definition) is 1. The second-order valence-corrected chi connectivity index (χ2v) is 9.23. The smallest absolute Gasteiger partial charge is 0.262 e. The van der Waals surface area contributed by atoms with Gasteiger partial charge < -0.3 is 23.9 Å². The lowest BCUT2D eigenvalue weighted by Crippen LogP contribution is -2.22. The zero-order valence-electron chi connectivity index (χ0n) is 22.5. The van der Waals surface area contributed by atoms with Gasteiger partial charge in [0.2, 0.25) is 11.2 Å². The predicted octanol–water partition coefficient (Wildman–Crippen LogP) is 6.45. The number of fused-ring (bicyclic) bond motifs is 1. The molecule has 0 aliphatic carbocycles. The minimum absolute atomic E-state index is 0.0435. The molecule has 4 aromatic rings. The van der Waals surface area contributed by atoms with Crippen molar-refractivity contribution in [1.29, 1.82) is 0 Å². The number of benzene rings is 3. The minimum Gasteiger partial charge on any atom is -0.493 e. The number of anilines is 1. The quantitative estimate of drug-likeness (QED) is 0.261. The molecule has 4 rings (SSSR count). The lowest BCUT2D eigenvalue weighted by atomic mass is 10.0. The van der Waals surface area contributed by atoms with Gasteiger partial charge in [-0.25, -0.2) is 0 Å². The Labute approximate surface area is 222 Å². The van der Waals surface area contributed by atoms with Crippen LogP contribution < -0.4 is 25.0 Å². The molecule has 0 radical (unpaired) electrons. The highest BCUT2D eigenvalue weighted by Crippen LogP contribution is 2.37. The fourth-order valence-electron chi connectivity index (χ4n) is 4.20. The van der Waals surface area contributed by atoms with Crippen molar-refractivity contribution in [2.75, 3.05) is 26.1 Å². The highest BCUT2D eigenvalue weighted by atomic mass is 16.5. The summed E-state index contributed by atoms with van der Waals surface area (Å²) in [6, 6.07) is 16.5. The van der Waals surface area contributed by atoms with Crippen molar-refractivity contribution >= 4 is 22.6 Å². The number of amides is 1. The fraction of sp³-hybridized carbons (Fsp3) is 0.290. The Bertz CT molecular complexity index is 1500. The van der Waals surface area contributed by atoms with E-state index < -0.39 is 0 Å². The number of rotatable bonds is 10. The van der Waals surface area contributed by atoms with Crippen LogP contribution in [0.25, 0.3) is 22.3 Å². The molecule has 0 aliphatic rings. The molecule has 7 nitrogen and oxygen atoms in total. The molecule has 1 amide bonds. The lowest BCUT2D eigenvalue weighted by Gasteiger charge is -2.14. The highest BCUT2D eigenvalue weighted by molar-refractivity contribution is 5.92. The first-order valence-corrected chi connectivity index (χ1v) is 12.7. The fourth-order valence-corrected chi connectivity index (χ4v) is 4.20. The van der Waals surface area contributed by atoms with E-state index in [9.17, 15) is 9.59 Å². The number of unbranched alkanes of at least 4 members (excludes halogenated alkanes) is 1. The average molecular weight is 516 g/mol. The third-order valence-corrected chi connectivity index (χ3v) is 6.52. The van der Waals surface area contributed by atoms with Crippen molar-refractivity contribution in [3.8, 4) is 28.6 Å². The summed E-state index contributed by atoms with van der Waals surface area (Å²) in [4.78, 5) is 26.3. The maximum absolute atomic E-state index is 13.6. The molecule has 7 heteroatoms. The first-order chi connectivity index (χ1) is 18.3. The number of carbonyl (C=O) groups is 1. The normalized spacial score (nSPS) is 10.9. The molecule has 1 heterocycles. The average Bonchev–Trinajstić information content (AvgIpc) is 2.92. The van der Waals surface area contributed by atoms with Crippen molar-refractivity contribution in [1.82, 2.24) is 0 Å². The SMILES string of the molecule is CCCCc1ccc(NC(=O)COc2c(-c3ccc(OC)c(OC)c3)oc3cc(C)c(C)cc3c2=O)cc1. The minimum atomic E-state index is -0.385. The van der Waals surface area contributed by atoms with E-state index in [4.69, 9.17) is 18.6 Å². The van der Waals surface area contributed by atoms with Crippen molar-refractivity contribution in [3.63, 3.8) is 0 Å². The summed E-state index contributed by atoms with van der Waals surface area (Å²) >= 11 is 0. The van der Waals surface area contributed by atoms with Crippen LogP contribution >= 0.6 is 0 Å². The van der Waals surface area contributed by atoms with Gasteiger partial charge in [0.15, 0.2) is 23.9 Å². The number of ether oxygens (including phenoxy) is 3. The van der Waals surface area contributed by atoms with Crippen molar-refractivity contribution in [2.45, 2.75) is 40.0 Å². The molecule has 198 valence electrons. The molecule has 0 atom stereocenters. The molecular formula is C31H33NO6. The van der Waals surface area contributed by atoms with Crippen LogP contribution in [-0.4, -0.2) is 26.7 Å². The predicted molar refractivity (Wildman–Crippen MR) is 150 cm³/mol. The topological polar surface area (TPSA) is 87.0 Å². The van der Waals surface area contributed by atoms with Gasteiger partial charge in [-0.3, -0.25) is 9.59 Å². The van der Waals surface area contributed by atoms with Crippen molar-refractivity contribution < 1.29 is 23.4 Å². The second-order valence-electron chi connectivity index (χ2n) is 9.23. The maximum Gasteiger partial charge on any atom is 0.262 e. The number of nitrogens with one attached hydrogen (secondary N) is 1. The third kappa shape index (κ3) is 5.83. The Hall–Kier alpha value is -4.26. The molecule has 0 fully saturated rings. The van der Waals surface area contributed by atoms with Gasteiger partial charge in [0.25, 0.3) is 5.91 Å². The van der Waals surface area contributed by atoms with Gasteiger partial charge in [0.1, 0.15) is 5.58 Å². The molecule has 0 aliphatic heterocycles. The number of methoxy groups -OCH3 is 2. The first-order valence-electron chi connectivity index (χ1n) is 12.7. The molecular weight excluding hydrogens is 482 g/mol. The largest absolute Gasteiger partial charge is 0.493 e. The Morgan fingerprint density at radius 1 is 0.921 bits per heavy atom. The number of hydrogen-bond acceptors (Lipinski definition) is 6. The summed E-state index contributed by atoms with van der Waals surface area (Å²) in [5.41, 5.74) is 4.46. The summed E-state index contributed by atoms with van der Waals surface area (Å²) in [6.07, 6.45) is 3.25. The monoisotopic (exact) mass is 515 g/mol. The Balaban J connectivity index is 1.66. The standard InChI is InChI=1S/C31H33NO6/c1-6-7-8-21-9-12-23(13-10-21)32-28(33)18-37-31-29(34)24-15-19(2)20(3)16-26(24)38-30(31)22-11-14-25(35-4)27(17-22)36-5/h9-17H,6-8,18H2,1-5H3,(H,32,33). The molecule has 38 heavy (non-hydrogen) atoms. The van der Waals surface area contributed by atoms with E-state index in [1.54, 1.807) is 31.4 Å². The zero-order valence-corrected chi connectivity index (χ0v) is 22.5. The summed E-state index contributed by atoms with van der Waals surface area (Å²) in [5, 5.41) is 3.21. The van der Waals surface area contributed by atoms with Crippen LogP contribution in [0.5, 0.6) is 17.2 Å². The zero-order chi connectivity index (χ0) is 27.2.